The number of nitrogens with two attached hydrogens (primary N) is 1. The molecular weight excluding hydrogens is 298 g/mol. The molecule has 2 heterocycles. The molecule has 0 saturated heterocycles. The summed E-state index contributed by atoms with van der Waals surface area (Å²) in [6, 6.07) is 3.21. The third-order valence-corrected chi connectivity index (χ3v) is 3.57. The summed E-state index contributed by atoms with van der Waals surface area (Å²) in [6.45, 7) is 3.41. The van der Waals surface area contributed by atoms with E-state index >= 15 is 0 Å². The van der Waals surface area contributed by atoms with Gasteiger partial charge in [-0.25, -0.2) is 4.79 Å². The molecule has 7 heteroatoms. The minimum Gasteiger partial charge on any atom is -0.465 e. The number of ether oxygens (including phenoxy) is 1. The highest BCUT2D eigenvalue weighted by molar-refractivity contribution is 6.01. The van der Waals surface area contributed by atoms with Gasteiger partial charge in [-0.05, 0) is 25.5 Å². The fraction of sp³-hybridized carbons (Fsp3) is 0.250. The lowest BCUT2D eigenvalue weighted by Gasteiger charge is -2.00. The number of Topliss-reactive ketones (excluding diaryl/α,β-unsaturated/α-hetero) is 1. The van der Waals surface area contributed by atoms with Crippen LogP contribution in [0.4, 0.5) is 0 Å². The topological polar surface area (TPSA) is 106 Å². The van der Waals surface area contributed by atoms with Crippen LogP contribution in [0.5, 0.6) is 0 Å². The van der Waals surface area contributed by atoms with Crippen molar-refractivity contribution >= 4 is 17.7 Å². The first-order valence-corrected chi connectivity index (χ1v) is 6.94. The molecule has 0 bridgehead atoms. The van der Waals surface area contributed by atoms with Crippen molar-refractivity contribution in [1.29, 1.82) is 0 Å². The lowest BCUT2D eigenvalue weighted by molar-refractivity contribution is -0.683. The minimum absolute atomic E-state index is 0.0164. The molecule has 2 aromatic heterocycles. The Morgan fingerprint density at radius 2 is 2.00 bits per heavy atom. The number of aromatic nitrogens is 2. The fourth-order valence-electron chi connectivity index (χ4n) is 2.45. The van der Waals surface area contributed by atoms with E-state index in [1.165, 1.54) is 13.3 Å². The summed E-state index contributed by atoms with van der Waals surface area (Å²) < 4.78 is 6.29. The highest BCUT2D eigenvalue weighted by Gasteiger charge is 2.24. The number of pyridine rings is 1. The van der Waals surface area contributed by atoms with Crippen LogP contribution in [0.2, 0.25) is 0 Å². The first-order chi connectivity index (χ1) is 10.8. The van der Waals surface area contributed by atoms with Crippen LogP contribution in [0, 0.1) is 13.8 Å². The van der Waals surface area contributed by atoms with Crippen molar-refractivity contribution in [2.45, 2.75) is 20.4 Å². The number of carbonyl (C=O) groups excluding carboxylic acids is 3. The van der Waals surface area contributed by atoms with Gasteiger partial charge in [0.1, 0.15) is 5.56 Å². The van der Waals surface area contributed by atoms with E-state index in [9.17, 15) is 14.4 Å². The van der Waals surface area contributed by atoms with Crippen molar-refractivity contribution in [3.63, 3.8) is 0 Å². The normalized spacial score (nSPS) is 10.4. The molecule has 120 valence electrons. The van der Waals surface area contributed by atoms with E-state index in [4.69, 9.17) is 10.5 Å². The number of ketones is 1. The van der Waals surface area contributed by atoms with Crippen LogP contribution in [0.15, 0.2) is 24.5 Å². The summed E-state index contributed by atoms with van der Waals surface area (Å²) in [6.07, 6.45) is 3.17. The van der Waals surface area contributed by atoms with E-state index in [1.54, 1.807) is 36.7 Å². The number of amides is 1. The lowest BCUT2D eigenvalue weighted by Crippen LogP contribution is -2.38. The molecule has 2 aromatic rings. The van der Waals surface area contributed by atoms with E-state index in [0.29, 0.717) is 28.1 Å². The van der Waals surface area contributed by atoms with Crippen molar-refractivity contribution in [1.82, 2.24) is 4.98 Å². The number of primary amides is 1. The van der Waals surface area contributed by atoms with Gasteiger partial charge >= 0.3 is 5.97 Å². The third kappa shape index (κ3) is 3.28. The van der Waals surface area contributed by atoms with E-state index in [2.05, 4.69) is 4.98 Å². The van der Waals surface area contributed by atoms with Crippen LogP contribution in [-0.4, -0.2) is 29.8 Å². The van der Waals surface area contributed by atoms with Crippen LogP contribution >= 0.6 is 0 Å². The molecule has 0 saturated carbocycles. The molecule has 2 rings (SSSR count). The Hall–Kier alpha value is -2.96. The number of hydrogen-bond donors (Lipinski definition) is 2. The van der Waals surface area contributed by atoms with Crippen molar-refractivity contribution in [2.24, 2.45) is 5.73 Å². The molecule has 0 unspecified atom stereocenters. The Bertz CT molecular complexity index is 793. The number of aryl methyl sites for hydroxylation is 1. The number of H-pyrrole nitrogens is 1. The van der Waals surface area contributed by atoms with Crippen LogP contribution in [0.25, 0.3) is 0 Å². The van der Waals surface area contributed by atoms with Crippen LogP contribution in [-0.2, 0) is 11.3 Å². The molecule has 0 spiro atoms. The van der Waals surface area contributed by atoms with Gasteiger partial charge in [-0.2, -0.15) is 4.57 Å². The first kappa shape index (κ1) is 16.4. The molecule has 1 amide bonds. The SMILES string of the molecule is COC(=O)c1c(C)[nH]c(C(=O)C[n+]2cccc(C(N)=O)c2)c1C. The Balaban J connectivity index is 2.30. The number of carbonyl (C=O) groups is 3. The molecule has 3 N–H and O–H groups in total. The second kappa shape index (κ2) is 6.43. The molecule has 0 radical (unpaired) electrons. The number of nitrogens with zero attached hydrogens (tertiary/aromatic N) is 1. The van der Waals surface area contributed by atoms with Gasteiger partial charge in [-0.15, -0.1) is 0 Å². The molecule has 0 aliphatic rings. The number of aromatic amines is 1. The van der Waals surface area contributed by atoms with Gasteiger partial charge in [0.25, 0.3) is 5.91 Å². The number of rotatable bonds is 5. The maximum atomic E-state index is 12.5. The molecule has 23 heavy (non-hydrogen) atoms. The van der Waals surface area contributed by atoms with Crippen molar-refractivity contribution < 1.29 is 23.7 Å². The first-order valence-electron chi connectivity index (χ1n) is 6.94. The van der Waals surface area contributed by atoms with Crippen LogP contribution in [0.3, 0.4) is 0 Å². The predicted molar refractivity (Wildman–Crippen MR) is 81.1 cm³/mol. The van der Waals surface area contributed by atoms with Crippen molar-refractivity contribution in [3.05, 3.63) is 52.6 Å². The van der Waals surface area contributed by atoms with E-state index in [-0.39, 0.29) is 12.3 Å². The maximum absolute atomic E-state index is 12.5. The van der Waals surface area contributed by atoms with E-state index in [1.807, 2.05) is 0 Å². The van der Waals surface area contributed by atoms with Crippen molar-refractivity contribution in [2.75, 3.05) is 7.11 Å². The second-order valence-electron chi connectivity index (χ2n) is 5.17. The molecule has 0 aliphatic heterocycles. The summed E-state index contributed by atoms with van der Waals surface area (Å²) in [7, 11) is 1.29. The van der Waals surface area contributed by atoms with Gasteiger partial charge in [0.2, 0.25) is 12.3 Å². The molecule has 0 atom stereocenters. The lowest BCUT2D eigenvalue weighted by atomic mass is 10.1. The number of nitrogens with one attached hydrogen (secondary N) is 1. The highest BCUT2D eigenvalue weighted by Crippen LogP contribution is 2.19. The van der Waals surface area contributed by atoms with Gasteiger partial charge in [-0.1, -0.05) is 0 Å². The monoisotopic (exact) mass is 316 g/mol. The summed E-state index contributed by atoms with van der Waals surface area (Å²) in [5.41, 5.74) is 7.38. The van der Waals surface area contributed by atoms with Crippen LogP contribution < -0.4 is 10.3 Å². The highest BCUT2D eigenvalue weighted by atomic mass is 16.5. The zero-order chi connectivity index (χ0) is 17.1. The van der Waals surface area contributed by atoms with Gasteiger partial charge in [0.15, 0.2) is 12.4 Å². The number of hydrogen-bond acceptors (Lipinski definition) is 4. The van der Waals surface area contributed by atoms with Gasteiger partial charge in [0.05, 0.1) is 18.4 Å². The van der Waals surface area contributed by atoms with Gasteiger partial charge in [-0.3, -0.25) is 9.59 Å². The molecular formula is C16H18N3O4+. The Kier molecular flexibility index (Phi) is 4.59. The minimum atomic E-state index is -0.563. The number of esters is 1. The summed E-state index contributed by atoms with van der Waals surface area (Å²) in [5, 5.41) is 0. The second-order valence-corrected chi connectivity index (χ2v) is 5.17. The van der Waals surface area contributed by atoms with Crippen LogP contribution in [0.1, 0.15) is 42.5 Å². The van der Waals surface area contributed by atoms with E-state index in [0.717, 1.165) is 0 Å². The molecule has 7 nitrogen and oxygen atoms in total. The largest absolute Gasteiger partial charge is 0.465 e. The molecule has 0 aromatic carbocycles. The van der Waals surface area contributed by atoms with E-state index < -0.39 is 11.9 Å². The summed E-state index contributed by atoms with van der Waals surface area (Å²) in [5.74, 6) is -1.27. The fourth-order valence-corrected chi connectivity index (χ4v) is 2.45. The Morgan fingerprint density at radius 3 is 2.61 bits per heavy atom. The zero-order valence-electron chi connectivity index (χ0n) is 13.2. The Labute approximate surface area is 133 Å². The standard InChI is InChI=1S/C16H17N3O4/c1-9-13(16(22)23-3)10(2)18-14(9)12(20)8-19-6-4-5-11(7-19)15(17)21/h4-7H,8H2,1-3H3,(H2-,17,18,20,21,22)/p+1. The predicted octanol–water partition coefficient (Wildman–Crippen LogP) is 0.687. The Morgan fingerprint density at radius 1 is 1.30 bits per heavy atom. The quantitative estimate of drug-likeness (QED) is 0.481. The van der Waals surface area contributed by atoms with Gasteiger partial charge in [0, 0.05) is 11.8 Å². The summed E-state index contributed by atoms with van der Waals surface area (Å²) >= 11 is 0. The summed E-state index contributed by atoms with van der Waals surface area (Å²) in [4.78, 5) is 38.3. The smallest absolute Gasteiger partial charge is 0.339 e. The molecule has 0 aliphatic carbocycles. The average molecular weight is 316 g/mol. The zero-order valence-corrected chi connectivity index (χ0v) is 13.2. The maximum Gasteiger partial charge on any atom is 0.339 e. The average Bonchev–Trinajstić information content (AvgIpc) is 2.81. The third-order valence-electron chi connectivity index (χ3n) is 3.57. The van der Waals surface area contributed by atoms with Crippen molar-refractivity contribution in [3.8, 4) is 0 Å². The molecule has 0 fully saturated rings. The number of methoxy groups -OCH3 is 1. The van der Waals surface area contributed by atoms with Gasteiger partial charge < -0.3 is 15.5 Å².